The van der Waals surface area contributed by atoms with Crippen LogP contribution >= 0.6 is 15.9 Å². The van der Waals surface area contributed by atoms with Gasteiger partial charge >= 0.3 is 0 Å². The molecule has 1 aliphatic rings. The molecule has 2 aromatic rings. The van der Waals surface area contributed by atoms with Crippen LogP contribution in [0.3, 0.4) is 0 Å². The topological polar surface area (TPSA) is 41.5 Å². The van der Waals surface area contributed by atoms with Gasteiger partial charge in [0.25, 0.3) is 5.91 Å². The third kappa shape index (κ3) is 4.13. The molecule has 5 heteroatoms. The van der Waals surface area contributed by atoms with Gasteiger partial charge in [-0.2, -0.15) is 0 Å². The van der Waals surface area contributed by atoms with Gasteiger partial charge in [0.1, 0.15) is 17.3 Å². The molecule has 1 amide bonds. The van der Waals surface area contributed by atoms with Crippen LogP contribution in [-0.4, -0.2) is 11.7 Å². The molecule has 0 atom stereocenters. The molecular formula is C18H14BrFN2O. The molecule has 0 saturated heterocycles. The Morgan fingerprint density at radius 2 is 1.91 bits per heavy atom. The molecule has 0 unspecified atom stereocenters. The SMILES string of the molecule is O=C1NC(CCc2cccc(F)c2)=N/C1=C/c1ccc(Br)cc1. The third-order valence-electron chi connectivity index (χ3n) is 3.46. The van der Waals surface area contributed by atoms with Crippen molar-refractivity contribution in [1.29, 1.82) is 0 Å². The fraction of sp³-hybridized carbons (Fsp3) is 0.111. The number of aliphatic imine (C=N–C) groups is 1. The number of carbonyl (C=O) groups excluding carboxylic acids is 1. The van der Waals surface area contributed by atoms with Gasteiger partial charge in [-0.15, -0.1) is 0 Å². The van der Waals surface area contributed by atoms with E-state index in [4.69, 9.17) is 0 Å². The Hall–Kier alpha value is -2.27. The highest BCUT2D eigenvalue weighted by molar-refractivity contribution is 9.10. The Balaban J connectivity index is 1.70. The van der Waals surface area contributed by atoms with Gasteiger partial charge in [-0.05, 0) is 47.9 Å². The van der Waals surface area contributed by atoms with Crippen LogP contribution in [0.2, 0.25) is 0 Å². The van der Waals surface area contributed by atoms with Gasteiger partial charge < -0.3 is 5.32 Å². The van der Waals surface area contributed by atoms with Crippen LogP contribution in [0.25, 0.3) is 6.08 Å². The summed E-state index contributed by atoms with van der Waals surface area (Å²) < 4.78 is 14.1. The van der Waals surface area contributed by atoms with Crippen LogP contribution in [0.4, 0.5) is 4.39 Å². The lowest BCUT2D eigenvalue weighted by Crippen LogP contribution is -2.24. The van der Waals surface area contributed by atoms with Crippen molar-refractivity contribution in [3.63, 3.8) is 0 Å². The van der Waals surface area contributed by atoms with E-state index in [0.717, 1.165) is 15.6 Å². The molecule has 1 aliphatic heterocycles. The largest absolute Gasteiger partial charge is 0.309 e. The summed E-state index contributed by atoms with van der Waals surface area (Å²) in [6, 6.07) is 14.1. The molecule has 0 radical (unpaired) electrons. The molecule has 0 aliphatic carbocycles. The lowest BCUT2D eigenvalue weighted by molar-refractivity contribution is -0.115. The first-order valence-corrected chi connectivity index (χ1v) is 8.00. The molecule has 0 aromatic heterocycles. The first kappa shape index (κ1) is 15.6. The summed E-state index contributed by atoms with van der Waals surface area (Å²) in [5.74, 6) is 0.153. The molecule has 3 rings (SSSR count). The molecule has 0 spiro atoms. The van der Waals surface area contributed by atoms with E-state index < -0.39 is 0 Å². The first-order valence-electron chi connectivity index (χ1n) is 7.21. The molecule has 1 heterocycles. The molecule has 23 heavy (non-hydrogen) atoms. The lowest BCUT2D eigenvalue weighted by Gasteiger charge is -2.01. The number of amides is 1. The van der Waals surface area contributed by atoms with E-state index in [2.05, 4.69) is 26.2 Å². The van der Waals surface area contributed by atoms with Crippen molar-refractivity contribution < 1.29 is 9.18 Å². The molecule has 0 bridgehead atoms. The van der Waals surface area contributed by atoms with E-state index >= 15 is 0 Å². The standard InChI is InChI=1S/C18H14BrFN2O/c19-14-7-4-13(5-8-14)11-16-18(23)22-17(21-16)9-6-12-2-1-3-15(20)10-12/h1-5,7-8,10-11H,6,9H2,(H,21,22,23)/b16-11+. The number of aryl methyl sites for hydroxylation is 1. The number of hydrogen-bond acceptors (Lipinski definition) is 2. The summed E-state index contributed by atoms with van der Waals surface area (Å²) in [4.78, 5) is 16.3. The van der Waals surface area contributed by atoms with Crippen LogP contribution in [-0.2, 0) is 11.2 Å². The van der Waals surface area contributed by atoms with E-state index in [0.29, 0.717) is 24.4 Å². The number of benzene rings is 2. The van der Waals surface area contributed by atoms with Gasteiger partial charge in [0.2, 0.25) is 0 Å². The Kier molecular flexibility index (Phi) is 4.67. The monoisotopic (exact) mass is 372 g/mol. The van der Waals surface area contributed by atoms with Crippen molar-refractivity contribution in [2.75, 3.05) is 0 Å². The average Bonchev–Trinajstić information content (AvgIpc) is 2.88. The Morgan fingerprint density at radius 3 is 2.65 bits per heavy atom. The van der Waals surface area contributed by atoms with E-state index in [9.17, 15) is 9.18 Å². The maximum absolute atomic E-state index is 13.2. The van der Waals surface area contributed by atoms with Gasteiger partial charge in [-0.3, -0.25) is 4.79 Å². The summed E-state index contributed by atoms with van der Waals surface area (Å²) >= 11 is 3.37. The average molecular weight is 373 g/mol. The third-order valence-corrected chi connectivity index (χ3v) is 3.99. The van der Waals surface area contributed by atoms with Crippen LogP contribution in [0.1, 0.15) is 17.5 Å². The quantitative estimate of drug-likeness (QED) is 0.806. The Bertz CT molecular complexity index is 797. The van der Waals surface area contributed by atoms with Crippen LogP contribution in [0.5, 0.6) is 0 Å². The van der Waals surface area contributed by atoms with Crippen molar-refractivity contribution in [2.45, 2.75) is 12.8 Å². The van der Waals surface area contributed by atoms with E-state index in [-0.39, 0.29) is 11.7 Å². The van der Waals surface area contributed by atoms with E-state index in [1.807, 2.05) is 30.3 Å². The molecule has 116 valence electrons. The number of hydrogen-bond donors (Lipinski definition) is 1. The first-order chi connectivity index (χ1) is 11.1. The molecule has 1 N–H and O–H groups in total. The van der Waals surface area contributed by atoms with Gasteiger partial charge in [0.15, 0.2) is 0 Å². The van der Waals surface area contributed by atoms with Crippen molar-refractivity contribution in [1.82, 2.24) is 5.32 Å². The fourth-order valence-corrected chi connectivity index (χ4v) is 2.57. The van der Waals surface area contributed by atoms with E-state index in [1.165, 1.54) is 12.1 Å². The summed E-state index contributed by atoms with van der Waals surface area (Å²) in [5.41, 5.74) is 2.18. The van der Waals surface area contributed by atoms with Crippen molar-refractivity contribution in [3.05, 3.63) is 75.6 Å². The zero-order valence-corrected chi connectivity index (χ0v) is 13.8. The maximum atomic E-state index is 13.2. The molecule has 3 nitrogen and oxygen atoms in total. The second kappa shape index (κ2) is 6.87. The molecule has 0 fully saturated rings. The number of nitrogens with one attached hydrogen (secondary N) is 1. The van der Waals surface area contributed by atoms with Crippen molar-refractivity contribution in [2.24, 2.45) is 4.99 Å². The van der Waals surface area contributed by atoms with E-state index in [1.54, 1.807) is 12.1 Å². The van der Waals surface area contributed by atoms with Crippen LogP contribution < -0.4 is 5.32 Å². The van der Waals surface area contributed by atoms with Gasteiger partial charge in [0, 0.05) is 10.9 Å². The highest BCUT2D eigenvalue weighted by Gasteiger charge is 2.19. The zero-order chi connectivity index (χ0) is 16.2. The number of halogens is 2. The summed E-state index contributed by atoms with van der Waals surface area (Å²) in [6.45, 7) is 0. The van der Waals surface area contributed by atoms with Crippen LogP contribution in [0, 0.1) is 5.82 Å². The molecule has 2 aromatic carbocycles. The molecule has 0 saturated carbocycles. The number of nitrogens with zero attached hydrogens (tertiary/aromatic N) is 1. The highest BCUT2D eigenvalue weighted by Crippen LogP contribution is 2.16. The van der Waals surface area contributed by atoms with Crippen LogP contribution in [0.15, 0.2) is 63.7 Å². The summed E-state index contributed by atoms with van der Waals surface area (Å²) in [7, 11) is 0. The summed E-state index contributed by atoms with van der Waals surface area (Å²) in [6.07, 6.45) is 2.94. The van der Waals surface area contributed by atoms with Gasteiger partial charge in [0.05, 0.1) is 0 Å². The second-order valence-corrected chi connectivity index (χ2v) is 6.14. The minimum atomic E-state index is -0.254. The highest BCUT2D eigenvalue weighted by atomic mass is 79.9. The number of amidine groups is 1. The predicted molar refractivity (Wildman–Crippen MR) is 92.4 cm³/mol. The second-order valence-electron chi connectivity index (χ2n) is 5.22. The van der Waals surface area contributed by atoms with Crippen molar-refractivity contribution >= 4 is 33.7 Å². The minimum Gasteiger partial charge on any atom is -0.309 e. The van der Waals surface area contributed by atoms with Crippen molar-refractivity contribution in [3.8, 4) is 0 Å². The Morgan fingerprint density at radius 1 is 1.13 bits per heavy atom. The smallest absolute Gasteiger partial charge is 0.275 e. The number of carbonyl (C=O) groups is 1. The molecular weight excluding hydrogens is 359 g/mol. The number of rotatable bonds is 4. The fourth-order valence-electron chi connectivity index (χ4n) is 2.31. The van der Waals surface area contributed by atoms with Gasteiger partial charge in [-0.1, -0.05) is 40.2 Å². The summed E-state index contributed by atoms with van der Waals surface area (Å²) in [5, 5.41) is 2.76. The Labute approximate surface area is 142 Å². The maximum Gasteiger partial charge on any atom is 0.275 e. The van der Waals surface area contributed by atoms with Gasteiger partial charge in [-0.25, -0.2) is 9.38 Å². The lowest BCUT2D eigenvalue weighted by atomic mass is 10.1. The predicted octanol–water partition coefficient (Wildman–Crippen LogP) is 4.09. The zero-order valence-electron chi connectivity index (χ0n) is 12.2. The minimum absolute atomic E-state index is 0.206. The normalized spacial score (nSPS) is 15.7.